The van der Waals surface area contributed by atoms with E-state index in [1.54, 1.807) is 0 Å². The number of nitrogens with zero attached hydrogens (tertiary/aromatic N) is 2. The smallest absolute Gasteiger partial charge is 0.117 e. The molecule has 1 aliphatic carbocycles. The average Bonchev–Trinajstić information content (AvgIpc) is 3.25. The standard InChI is InChI=1S/C23H20N2/c1-16-12-19-20(13-16)23-24-14-22(18-10-6-3-7-11-18)25(23)15-21(19)17-8-4-2-5-9-17/h2-11,14-15,19-20H,1,12-13H2. The molecule has 3 aromatic rings. The van der Waals surface area contributed by atoms with E-state index in [1.807, 2.05) is 6.20 Å². The lowest BCUT2D eigenvalue weighted by Crippen LogP contribution is -2.18. The summed E-state index contributed by atoms with van der Waals surface area (Å²) in [5.74, 6) is 2.11. The Kier molecular flexibility index (Phi) is 3.24. The summed E-state index contributed by atoms with van der Waals surface area (Å²) in [7, 11) is 0. The molecule has 0 spiro atoms. The van der Waals surface area contributed by atoms with Crippen LogP contribution in [0.15, 0.2) is 79.0 Å². The van der Waals surface area contributed by atoms with Crippen LogP contribution in [0.3, 0.4) is 0 Å². The molecule has 2 heteroatoms. The summed E-state index contributed by atoms with van der Waals surface area (Å²) < 4.78 is 2.30. The molecule has 5 rings (SSSR count). The average molecular weight is 324 g/mol. The highest BCUT2D eigenvalue weighted by Crippen LogP contribution is 2.51. The van der Waals surface area contributed by atoms with Crippen LogP contribution in [0, 0.1) is 5.92 Å². The van der Waals surface area contributed by atoms with Gasteiger partial charge in [-0.1, -0.05) is 72.8 Å². The third-order valence-corrected chi connectivity index (χ3v) is 5.50. The summed E-state index contributed by atoms with van der Waals surface area (Å²) in [6.45, 7) is 4.28. The Morgan fingerprint density at radius 3 is 2.20 bits per heavy atom. The summed E-state index contributed by atoms with van der Waals surface area (Å²) in [6, 6.07) is 21.3. The molecule has 2 nitrogen and oxygen atoms in total. The lowest BCUT2D eigenvalue weighted by atomic mass is 9.83. The SMILES string of the molecule is C=C1CC2C(c3ccccc3)=Cn3c(-c4ccccc4)cnc3C2C1. The number of imidazole rings is 1. The number of aromatic nitrogens is 2. The fourth-order valence-electron chi connectivity index (χ4n) is 4.35. The largest absolute Gasteiger partial charge is 0.303 e. The molecule has 2 aliphatic rings. The van der Waals surface area contributed by atoms with Crippen molar-refractivity contribution in [2.24, 2.45) is 5.92 Å². The maximum absolute atomic E-state index is 4.82. The summed E-state index contributed by atoms with van der Waals surface area (Å²) in [5, 5.41) is 0. The fraction of sp³-hybridized carbons (Fsp3) is 0.174. The zero-order chi connectivity index (χ0) is 16.8. The van der Waals surface area contributed by atoms with E-state index in [2.05, 4.69) is 78.0 Å². The van der Waals surface area contributed by atoms with Gasteiger partial charge in [-0.25, -0.2) is 4.98 Å². The Balaban J connectivity index is 1.71. The Labute approximate surface area is 148 Å². The molecule has 25 heavy (non-hydrogen) atoms. The monoisotopic (exact) mass is 324 g/mol. The Morgan fingerprint density at radius 1 is 0.840 bits per heavy atom. The van der Waals surface area contributed by atoms with Gasteiger partial charge in [0.2, 0.25) is 0 Å². The molecule has 2 heterocycles. The van der Waals surface area contributed by atoms with Crippen molar-refractivity contribution in [2.75, 3.05) is 0 Å². The van der Waals surface area contributed by atoms with E-state index in [9.17, 15) is 0 Å². The van der Waals surface area contributed by atoms with Crippen LogP contribution in [-0.2, 0) is 0 Å². The van der Waals surface area contributed by atoms with Gasteiger partial charge in [-0.15, -0.1) is 0 Å². The van der Waals surface area contributed by atoms with Gasteiger partial charge in [-0.3, -0.25) is 0 Å². The number of hydrogen-bond donors (Lipinski definition) is 0. The molecule has 0 bridgehead atoms. The molecule has 0 radical (unpaired) electrons. The number of fused-ring (bicyclic) bond motifs is 3. The number of hydrogen-bond acceptors (Lipinski definition) is 1. The minimum absolute atomic E-state index is 0.435. The van der Waals surface area contributed by atoms with Crippen LogP contribution in [0.4, 0.5) is 0 Å². The molecule has 2 aromatic carbocycles. The van der Waals surface area contributed by atoms with E-state index in [4.69, 9.17) is 4.98 Å². The predicted octanol–water partition coefficient (Wildman–Crippen LogP) is 5.61. The van der Waals surface area contributed by atoms with Crippen LogP contribution >= 0.6 is 0 Å². The first-order valence-electron chi connectivity index (χ1n) is 8.87. The van der Waals surface area contributed by atoms with E-state index < -0.39 is 0 Å². The summed E-state index contributed by atoms with van der Waals surface area (Å²) in [4.78, 5) is 4.82. The van der Waals surface area contributed by atoms with Crippen molar-refractivity contribution >= 4 is 11.8 Å². The Bertz CT molecular complexity index is 964. The van der Waals surface area contributed by atoms with Gasteiger partial charge in [0.25, 0.3) is 0 Å². The molecular formula is C23H20N2. The van der Waals surface area contributed by atoms with Gasteiger partial charge in [0.1, 0.15) is 5.82 Å². The van der Waals surface area contributed by atoms with Crippen molar-refractivity contribution in [1.29, 1.82) is 0 Å². The molecule has 0 N–H and O–H groups in total. The summed E-state index contributed by atoms with van der Waals surface area (Å²) in [6.07, 6.45) is 6.44. The van der Waals surface area contributed by atoms with Crippen LogP contribution in [-0.4, -0.2) is 9.55 Å². The molecule has 1 fully saturated rings. The van der Waals surface area contributed by atoms with Crippen molar-refractivity contribution in [3.8, 4) is 11.3 Å². The van der Waals surface area contributed by atoms with Crippen LogP contribution in [0.25, 0.3) is 23.0 Å². The third-order valence-electron chi connectivity index (χ3n) is 5.50. The van der Waals surface area contributed by atoms with Gasteiger partial charge >= 0.3 is 0 Å². The van der Waals surface area contributed by atoms with Crippen LogP contribution in [0.1, 0.15) is 30.1 Å². The predicted molar refractivity (Wildman–Crippen MR) is 103 cm³/mol. The molecule has 1 aliphatic heterocycles. The van der Waals surface area contributed by atoms with Crippen molar-refractivity contribution in [3.63, 3.8) is 0 Å². The van der Waals surface area contributed by atoms with Gasteiger partial charge in [0.05, 0.1) is 11.9 Å². The van der Waals surface area contributed by atoms with E-state index in [1.165, 1.54) is 33.8 Å². The van der Waals surface area contributed by atoms with Gasteiger partial charge in [-0.2, -0.15) is 0 Å². The van der Waals surface area contributed by atoms with E-state index >= 15 is 0 Å². The molecule has 0 amide bonds. The second kappa shape index (κ2) is 5.59. The molecule has 1 aromatic heterocycles. The highest BCUT2D eigenvalue weighted by Gasteiger charge is 2.39. The van der Waals surface area contributed by atoms with E-state index in [-0.39, 0.29) is 0 Å². The van der Waals surface area contributed by atoms with E-state index in [0.29, 0.717) is 11.8 Å². The maximum Gasteiger partial charge on any atom is 0.117 e. The molecule has 0 saturated heterocycles. The minimum atomic E-state index is 0.435. The first-order valence-corrected chi connectivity index (χ1v) is 8.87. The Morgan fingerprint density at radius 2 is 1.48 bits per heavy atom. The Hall–Kier alpha value is -2.87. The van der Waals surface area contributed by atoms with Crippen molar-refractivity contribution < 1.29 is 0 Å². The highest BCUT2D eigenvalue weighted by molar-refractivity contribution is 5.82. The van der Waals surface area contributed by atoms with Gasteiger partial charge in [0, 0.05) is 17.7 Å². The number of benzene rings is 2. The zero-order valence-electron chi connectivity index (χ0n) is 14.1. The highest BCUT2D eigenvalue weighted by atomic mass is 15.1. The topological polar surface area (TPSA) is 17.8 Å². The zero-order valence-corrected chi connectivity index (χ0v) is 14.1. The van der Waals surface area contributed by atoms with Gasteiger partial charge in [-0.05, 0) is 29.9 Å². The van der Waals surface area contributed by atoms with Crippen molar-refractivity contribution in [3.05, 3.63) is 90.4 Å². The first-order chi connectivity index (χ1) is 12.3. The van der Waals surface area contributed by atoms with Gasteiger partial charge in [0.15, 0.2) is 0 Å². The normalized spacial score (nSPS) is 21.6. The number of rotatable bonds is 2. The molecule has 1 saturated carbocycles. The van der Waals surface area contributed by atoms with Crippen molar-refractivity contribution in [1.82, 2.24) is 9.55 Å². The maximum atomic E-state index is 4.82. The molecule has 2 unspecified atom stereocenters. The van der Waals surface area contributed by atoms with Crippen molar-refractivity contribution in [2.45, 2.75) is 18.8 Å². The van der Waals surface area contributed by atoms with Crippen LogP contribution in [0.5, 0.6) is 0 Å². The second-order valence-corrected chi connectivity index (χ2v) is 7.06. The summed E-state index contributed by atoms with van der Waals surface area (Å²) in [5.41, 5.74) is 6.44. The lowest BCUT2D eigenvalue weighted by molar-refractivity contribution is 0.557. The molecule has 122 valence electrons. The second-order valence-electron chi connectivity index (χ2n) is 7.06. The minimum Gasteiger partial charge on any atom is -0.303 e. The van der Waals surface area contributed by atoms with E-state index in [0.717, 1.165) is 12.8 Å². The van der Waals surface area contributed by atoms with Gasteiger partial charge < -0.3 is 4.57 Å². The number of allylic oxidation sites excluding steroid dienone is 2. The quantitative estimate of drug-likeness (QED) is 0.560. The fourth-order valence-corrected chi connectivity index (χ4v) is 4.35. The van der Waals surface area contributed by atoms with Crippen LogP contribution in [0.2, 0.25) is 0 Å². The molecular weight excluding hydrogens is 304 g/mol. The summed E-state index contributed by atoms with van der Waals surface area (Å²) >= 11 is 0. The third kappa shape index (κ3) is 2.29. The lowest BCUT2D eigenvalue weighted by Gasteiger charge is -2.28. The molecule has 2 atom stereocenters. The first kappa shape index (κ1) is 14.5. The van der Waals surface area contributed by atoms with Crippen LogP contribution < -0.4 is 0 Å².